The van der Waals surface area contributed by atoms with Crippen molar-refractivity contribution in [1.82, 2.24) is 25.0 Å². The highest BCUT2D eigenvalue weighted by Crippen LogP contribution is 2.22. The third kappa shape index (κ3) is 4.38. The summed E-state index contributed by atoms with van der Waals surface area (Å²) in [7, 11) is 0. The van der Waals surface area contributed by atoms with Crippen LogP contribution in [0.5, 0.6) is 0 Å². The van der Waals surface area contributed by atoms with Crippen molar-refractivity contribution in [3.8, 4) is 17.1 Å². The highest BCUT2D eigenvalue weighted by atomic mass is 32.2. The number of thioether (sulfide) groups is 1. The van der Waals surface area contributed by atoms with Crippen LogP contribution in [-0.2, 0) is 4.79 Å². The zero-order valence-corrected chi connectivity index (χ0v) is 16.6. The van der Waals surface area contributed by atoms with E-state index < -0.39 is 5.82 Å². The van der Waals surface area contributed by atoms with Crippen LogP contribution in [0.3, 0.4) is 0 Å². The van der Waals surface area contributed by atoms with Gasteiger partial charge in [-0.05, 0) is 43.3 Å². The van der Waals surface area contributed by atoms with Crippen LogP contribution in [0, 0.1) is 18.6 Å². The van der Waals surface area contributed by atoms with Gasteiger partial charge in [0.1, 0.15) is 17.5 Å². The zero-order chi connectivity index (χ0) is 21.1. The lowest BCUT2D eigenvalue weighted by Crippen LogP contribution is -2.17. The summed E-state index contributed by atoms with van der Waals surface area (Å²) < 4.78 is 28.6. The van der Waals surface area contributed by atoms with Gasteiger partial charge in [0.25, 0.3) is 0 Å². The molecule has 0 radical (unpaired) electrons. The molecule has 2 heterocycles. The molecule has 2 N–H and O–H groups in total. The topological polar surface area (TPSA) is 88.5 Å². The summed E-state index contributed by atoms with van der Waals surface area (Å²) in [6.07, 6.45) is 0. The highest BCUT2D eigenvalue weighted by molar-refractivity contribution is 7.99. The molecule has 10 heteroatoms. The van der Waals surface area contributed by atoms with Gasteiger partial charge in [-0.1, -0.05) is 23.9 Å². The molecule has 152 valence electrons. The Bertz CT molecular complexity index is 1190. The molecule has 0 aliphatic carbocycles. The number of H-pyrrole nitrogens is 1. The van der Waals surface area contributed by atoms with E-state index in [1.807, 2.05) is 0 Å². The third-order valence-electron chi connectivity index (χ3n) is 4.10. The molecule has 0 aliphatic heterocycles. The summed E-state index contributed by atoms with van der Waals surface area (Å²) in [6.45, 7) is 1.79. The van der Waals surface area contributed by atoms with Crippen LogP contribution in [0.1, 0.15) is 5.69 Å². The molecule has 1 amide bonds. The van der Waals surface area contributed by atoms with Crippen LogP contribution in [0.2, 0.25) is 0 Å². The van der Waals surface area contributed by atoms with Crippen molar-refractivity contribution in [3.63, 3.8) is 0 Å². The lowest BCUT2D eigenvalue weighted by molar-refractivity contribution is -0.113. The van der Waals surface area contributed by atoms with E-state index >= 15 is 0 Å². The first-order valence-corrected chi connectivity index (χ1v) is 9.91. The quantitative estimate of drug-likeness (QED) is 0.456. The lowest BCUT2D eigenvalue weighted by atomic mass is 10.2. The Hall–Kier alpha value is -3.53. The van der Waals surface area contributed by atoms with E-state index in [9.17, 15) is 13.6 Å². The Morgan fingerprint density at radius 1 is 1.17 bits per heavy atom. The van der Waals surface area contributed by atoms with Gasteiger partial charge < -0.3 is 5.32 Å². The Labute approximate surface area is 174 Å². The molecular weight excluding hydrogens is 410 g/mol. The summed E-state index contributed by atoms with van der Waals surface area (Å²) in [5.74, 6) is -0.256. The van der Waals surface area contributed by atoms with Crippen LogP contribution in [-0.4, -0.2) is 36.6 Å². The third-order valence-corrected chi connectivity index (χ3v) is 4.94. The molecule has 30 heavy (non-hydrogen) atoms. The fourth-order valence-electron chi connectivity index (χ4n) is 2.76. The summed E-state index contributed by atoms with van der Waals surface area (Å²) in [5.41, 5.74) is 1.63. The number of amides is 1. The van der Waals surface area contributed by atoms with E-state index in [-0.39, 0.29) is 17.5 Å². The van der Waals surface area contributed by atoms with Crippen LogP contribution in [0.15, 0.2) is 59.8 Å². The van der Waals surface area contributed by atoms with Gasteiger partial charge in [0, 0.05) is 6.07 Å². The van der Waals surface area contributed by atoms with Gasteiger partial charge in [0.05, 0.1) is 22.7 Å². The van der Waals surface area contributed by atoms with Crippen molar-refractivity contribution in [2.45, 2.75) is 12.1 Å². The minimum Gasteiger partial charge on any atom is -0.310 e. The van der Waals surface area contributed by atoms with E-state index in [0.717, 1.165) is 11.8 Å². The highest BCUT2D eigenvalue weighted by Gasteiger charge is 2.14. The second kappa shape index (κ2) is 8.46. The summed E-state index contributed by atoms with van der Waals surface area (Å²) in [5, 5.41) is 14.1. The fourth-order valence-corrected chi connectivity index (χ4v) is 3.36. The molecule has 2 aromatic heterocycles. The average molecular weight is 426 g/mol. The molecule has 0 fully saturated rings. The zero-order valence-electron chi connectivity index (χ0n) is 15.8. The number of aromatic amines is 1. The van der Waals surface area contributed by atoms with Crippen molar-refractivity contribution < 1.29 is 13.6 Å². The number of nitrogens with zero attached hydrogens (tertiary/aromatic N) is 4. The maximum Gasteiger partial charge on any atom is 0.236 e. The first-order chi connectivity index (χ1) is 14.5. The van der Waals surface area contributed by atoms with Crippen LogP contribution in [0.25, 0.3) is 17.1 Å². The summed E-state index contributed by atoms with van der Waals surface area (Å²) in [4.78, 5) is 16.6. The number of rotatable bonds is 6. The Kier molecular flexibility index (Phi) is 5.57. The number of aromatic nitrogens is 5. The Morgan fingerprint density at radius 3 is 2.70 bits per heavy atom. The molecule has 4 aromatic rings. The normalized spacial score (nSPS) is 10.9. The standard InChI is InChI=1S/C20H16F2N6OS/c1-12-10-17(28(27-12)14-8-6-13(21)7-9-14)23-18(29)11-30-20-24-19(25-26-20)15-4-2-3-5-16(15)22/h2-10H,11H2,1H3,(H,23,29)(H,24,25,26). The molecule has 0 atom stereocenters. The predicted molar refractivity (Wildman–Crippen MR) is 109 cm³/mol. The maximum absolute atomic E-state index is 13.9. The van der Waals surface area contributed by atoms with Gasteiger partial charge in [-0.25, -0.2) is 18.4 Å². The van der Waals surface area contributed by atoms with E-state index in [1.165, 1.54) is 22.9 Å². The molecule has 0 saturated heterocycles. The largest absolute Gasteiger partial charge is 0.310 e. The summed E-state index contributed by atoms with van der Waals surface area (Å²) >= 11 is 1.11. The van der Waals surface area contributed by atoms with E-state index in [2.05, 4.69) is 25.6 Å². The number of hydrogen-bond donors (Lipinski definition) is 2. The lowest BCUT2D eigenvalue weighted by Gasteiger charge is -2.08. The number of carbonyl (C=O) groups excluding carboxylic acids is 1. The van der Waals surface area contributed by atoms with Gasteiger partial charge in [-0.2, -0.15) is 5.10 Å². The van der Waals surface area contributed by atoms with Crippen molar-refractivity contribution in [2.75, 3.05) is 11.1 Å². The fraction of sp³-hybridized carbons (Fsp3) is 0.100. The smallest absolute Gasteiger partial charge is 0.236 e. The number of halogens is 2. The van der Waals surface area contributed by atoms with E-state index in [4.69, 9.17) is 0 Å². The molecule has 0 aliphatic rings. The number of aryl methyl sites for hydroxylation is 1. The van der Waals surface area contributed by atoms with Gasteiger partial charge >= 0.3 is 0 Å². The minimum atomic E-state index is -0.410. The molecule has 4 rings (SSSR count). The minimum absolute atomic E-state index is 0.0439. The van der Waals surface area contributed by atoms with Gasteiger partial charge in [0.15, 0.2) is 5.82 Å². The molecule has 0 spiro atoms. The maximum atomic E-state index is 13.9. The van der Waals surface area contributed by atoms with E-state index in [1.54, 1.807) is 43.3 Å². The first kappa shape index (κ1) is 19.8. The number of benzene rings is 2. The molecule has 0 saturated carbocycles. The molecule has 2 aromatic carbocycles. The van der Waals surface area contributed by atoms with Gasteiger partial charge in [-0.15, -0.1) is 5.10 Å². The number of carbonyl (C=O) groups is 1. The van der Waals surface area contributed by atoms with Crippen molar-refractivity contribution in [2.24, 2.45) is 0 Å². The van der Waals surface area contributed by atoms with E-state index in [0.29, 0.717) is 33.7 Å². The van der Waals surface area contributed by atoms with Gasteiger partial charge in [0.2, 0.25) is 11.1 Å². The monoisotopic (exact) mass is 426 g/mol. The van der Waals surface area contributed by atoms with Crippen molar-refractivity contribution >= 4 is 23.5 Å². The van der Waals surface area contributed by atoms with Crippen LogP contribution < -0.4 is 5.32 Å². The molecule has 0 bridgehead atoms. The SMILES string of the molecule is Cc1cc(NC(=O)CSc2n[nH]c(-c3ccccc3F)n2)n(-c2ccc(F)cc2)n1. The van der Waals surface area contributed by atoms with Crippen molar-refractivity contribution in [1.29, 1.82) is 0 Å². The molecular formula is C20H16F2N6OS. The van der Waals surface area contributed by atoms with Crippen molar-refractivity contribution in [3.05, 3.63) is 71.9 Å². The second-order valence-electron chi connectivity index (χ2n) is 6.34. The number of anilines is 1. The first-order valence-electron chi connectivity index (χ1n) is 8.92. The Morgan fingerprint density at radius 2 is 1.93 bits per heavy atom. The predicted octanol–water partition coefficient (Wildman–Crippen LogP) is 3.97. The van der Waals surface area contributed by atoms with Crippen LogP contribution >= 0.6 is 11.8 Å². The second-order valence-corrected chi connectivity index (χ2v) is 7.28. The number of hydrogen-bond acceptors (Lipinski definition) is 5. The number of nitrogens with one attached hydrogen (secondary N) is 2. The molecule has 0 unspecified atom stereocenters. The Balaban J connectivity index is 1.42. The average Bonchev–Trinajstić information content (AvgIpc) is 3.34. The van der Waals surface area contributed by atoms with Gasteiger partial charge in [-0.3, -0.25) is 9.89 Å². The summed E-state index contributed by atoms with van der Waals surface area (Å²) in [6, 6.07) is 13.7. The van der Waals surface area contributed by atoms with Crippen LogP contribution in [0.4, 0.5) is 14.6 Å². The molecule has 7 nitrogen and oxygen atoms in total.